The zero-order chi connectivity index (χ0) is 27.1. The number of piperidine rings is 1. The monoisotopic (exact) mass is 529 g/mol. The molecule has 1 amide bonds. The molecular formula is C30H39N7O2. The molecule has 0 atom stereocenters. The number of ether oxygens (including phenoxy) is 1. The fourth-order valence-electron chi connectivity index (χ4n) is 6.36. The number of fused-ring (bicyclic) bond motifs is 2. The predicted molar refractivity (Wildman–Crippen MR) is 152 cm³/mol. The summed E-state index contributed by atoms with van der Waals surface area (Å²) in [5.41, 5.74) is 9.23. The van der Waals surface area contributed by atoms with Crippen molar-refractivity contribution in [3.63, 3.8) is 0 Å². The van der Waals surface area contributed by atoms with E-state index in [1.165, 1.54) is 22.1 Å². The number of aromatic nitrogens is 5. The van der Waals surface area contributed by atoms with Crippen molar-refractivity contribution >= 4 is 22.5 Å². The highest BCUT2D eigenvalue weighted by molar-refractivity contribution is 5.92. The van der Waals surface area contributed by atoms with Crippen LogP contribution in [0.15, 0.2) is 24.4 Å². The van der Waals surface area contributed by atoms with Gasteiger partial charge in [0.05, 0.1) is 18.9 Å². The van der Waals surface area contributed by atoms with Crippen LogP contribution >= 0.6 is 0 Å². The van der Waals surface area contributed by atoms with E-state index < -0.39 is 0 Å². The van der Waals surface area contributed by atoms with Crippen LogP contribution < -0.4 is 0 Å². The predicted octanol–water partition coefficient (Wildman–Crippen LogP) is 4.44. The quantitative estimate of drug-likeness (QED) is 0.397. The molecule has 2 saturated heterocycles. The molecule has 0 spiro atoms. The number of carbonyl (C=O) groups excluding carboxylic acids is 1. The second kappa shape index (κ2) is 10.7. The normalized spacial score (nSPS) is 17.6. The van der Waals surface area contributed by atoms with Crippen molar-refractivity contribution in [2.45, 2.75) is 58.8 Å². The summed E-state index contributed by atoms with van der Waals surface area (Å²) >= 11 is 0. The van der Waals surface area contributed by atoms with E-state index in [2.05, 4.69) is 76.2 Å². The lowest BCUT2D eigenvalue weighted by Crippen LogP contribution is -2.41. The van der Waals surface area contributed by atoms with Gasteiger partial charge in [-0.25, -0.2) is 0 Å². The Morgan fingerprint density at radius 2 is 1.87 bits per heavy atom. The minimum absolute atomic E-state index is 0.290. The molecule has 1 aromatic carbocycles. The van der Waals surface area contributed by atoms with E-state index in [1.807, 2.05) is 6.20 Å². The number of hydrogen-bond donors (Lipinski definition) is 1. The second-order valence-corrected chi connectivity index (χ2v) is 11.5. The second-order valence-electron chi connectivity index (χ2n) is 11.5. The molecule has 0 bridgehead atoms. The van der Waals surface area contributed by atoms with Crippen LogP contribution in [0.1, 0.15) is 67.2 Å². The summed E-state index contributed by atoms with van der Waals surface area (Å²) < 4.78 is 7.20. The van der Waals surface area contributed by atoms with E-state index in [1.54, 1.807) is 4.52 Å². The minimum Gasteiger partial charge on any atom is -0.379 e. The fraction of sp³-hybridized carbons (Fsp3) is 0.533. The summed E-state index contributed by atoms with van der Waals surface area (Å²) in [7, 11) is 0. The highest BCUT2D eigenvalue weighted by atomic mass is 16.5. The van der Waals surface area contributed by atoms with Crippen molar-refractivity contribution in [1.29, 1.82) is 0 Å². The summed E-state index contributed by atoms with van der Waals surface area (Å²) in [6.07, 6.45) is 4.67. The molecule has 2 fully saturated rings. The molecule has 0 radical (unpaired) electrons. The van der Waals surface area contributed by atoms with Crippen LogP contribution in [-0.4, -0.2) is 86.7 Å². The maximum Gasteiger partial charge on any atom is 0.223 e. The molecule has 0 aliphatic carbocycles. The lowest BCUT2D eigenvalue weighted by atomic mass is 9.87. The fourth-order valence-corrected chi connectivity index (χ4v) is 6.36. The number of likely N-dealkylation sites (tertiary alicyclic amines) is 1. The van der Waals surface area contributed by atoms with Gasteiger partial charge in [0.1, 0.15) is 0 Å². The average Bonchev–Trinajstić information content (AvgIpc) is 3.59. The number of nitrogens with one attached hydrogen (secondary N) is 1. The van der Waals surface area contributed by atoms with Crippen LogP contribution in [0.3, 0.4) is 0 Å². The summed E-state index contributed by atoms with van der Waals surface area (Å²) in [6, 6.07) is 6.90. The molecule has 206 valence electrons. The standard InChI is InChI=1S/C30H39N7O2/c1-19(2)28-24-17-23(22-7-11-36(12-8-22)27(38)9-10-35-13-15-39-16-14-35)5-6-26(24)31-29(28)25-18-37-30(32-33-34-37)21(4)20(25)3/h5-6,17-19,22,31H,7-16H2,1-4H3. The van der Waals surface area contributed by atoms with Crippen LogP contribution in [0.5, 0.6) is 0 Å². The molecule has 9 nitrogen and oxygen atoms in total. The smallest absolute Gasteiger partial charge is 0.223 e. The molecule has 9 heteroatoms. The topological polar surface area (TPSA) is 91.7 Å². The molecule has 4 aromatic rings. The molecule has 0 saturated carbocycles. The number of benzene rings is 1. The van der Waals surface area contributed by atoms with Gasteiger partial charge >= 0.3 is 0 Å². The average molecular weight is 530 g/mol. The number of tetrazole rings is 1. The van der Waals surface area contributed by atoms with Crippen LogP contribution in [0.25, 0.3) is 27.8 Å². The van der Waals surface area contributed by atoms with Crippen molar-refractivity contribution in [2.24, 2.45) is 0 Å². The van der Waals surface area contributed by atoms with Gasteiger partial charge in [0.2, 0.25) is 5.91 Å². The maximum atomic E-state index is 12.9. The lowest BCUT2D eigenvalue weighted by molar-refractivity contribution is -0.132. The number of aryl methyl sites for hydroxylation is 1. The highest BCUT2D eigenvalue weighted by Gasteiger charge is 2.26. The summed E-state index contributed by atoms with van der Waals surface area (Å²) in [5.74, 6) is 1.11. The Hall–Kier alpha value is -3.30. The number of morpholine rings is 1. The third-order valence-corrected chi connectivity index (χ3v) is 8.82. The number of pyridine rings is 1. The van der Waals surface area contributed by atoms with E-state index in [9.17, 15) is 4.79 Å². The van der Waals surface area contributed by atoms with Crippen LogP contribution in [0, 0.1) is 13.8 Å². The van der Waals surface area contributed by atoms with Gasteiger partial charge in [0, 0.05) is 61.8 Å². The number of hydrogen-bond acceptors (Lipinski definition) is 6. The summed E-state index contributed by atoms with van der Waals surface area (Å²) in [6.45, 7) is 14.7. The highest BCUT2D eigenvalue weighted by Crippen LogP contribution is 2.40. The Labute approximate surface area is 229 Å². The first kappa shape index (κ1) is 26.0. The SMILES string of the molecule is Cc1c(-c2[nH]c3ccc(C4CCN(C(=O)CCN5CCOCC5)CC4)cc3c2C(C)C)cn2nnnc2c1C. The molecule has 3 aromatic heterocycles. The van der Waals surface area contributed by atoms with Gasteiger partial charge < -0.3 is 14.6 Å². The molecular weight excluding hydrogens is 490 g/mol. The first-order valence-corrected chi connectivity index (χ1v) is 14.3. The van der Waals surface area contributed by atoms with E-state index in [4.69, 9.17) is 4.74 Å². The first-order chi connectivity index (χ1) is 18.9. The minimum atomic E-state index is 0.290. The third-order valence-electron chi connectivity index (χ3n) is 8.82. The van der Waals surface area contributed by atoms with Gasteiger partial charge in [0.15, 0.2) is 5.65 Å². The van der Waals surface area contributed by atoms with E-state index in [0.717, 1.165) is 86.8 Å². The van der Waals surface area contributed by atoms with Gasteiger partial charge in [-0.2, -0.15) is 4.52 Å². The van der Waals surface area contributed by atoms with E-state index in [-0.39, 0.29) is 5.91 Å². The van der Waals surface area contributed by atoms with Crippen LogP contribution in [0.4, 0.5) is 0 Å². The summed E-state index contributed by atoms with van der Waals surface area (Å²) in [5, 5.41) is 13.5. The van der Waals surface area contributed by atoms with Crippen LogP contribution in [0.2, 0.25) is 0 Å². The Balaban J connectivity index is 1.21. The Morgan fingerprint density at radius 1 is 1.10 bits per heavy atom. The van der Waals surface area contributed by atoms with Gasteiger partial charge in [-0.3, -0.25) is 9.69 Å². The number of aromatic amines is 1. The molecule has 0 unspecified atom stereocenters. The zero-order valence-corrected chi connectivity index (χ0v) is 23.5. The van der Waals surface area contributed by atoms with E-state index >= 15 is 0 Å². The molecule has 2 aliphatic rings. The van der Waals surface area contributed by atoms with Crippen molar-refractivity contribution in [1.82, 2.24) is 34.8 Å². The number of amides is 1. The van der Waals surface area contributed by atoms with Crippen molar-refractivity contribution in [3.8, 4) is 11.3 Å². The van der Waals surface area contributed by atoms with Gasteiger partial charge in [-0.1, -0.05) is 19.9 Å². The molecule has 39 heavy (non-hydrogen) atoms. The van der Waals surface area contributed by atoms with Gasteiger partial charge in [0.25, 0.3) is 0 Å². The van der Waals surface area contributed by atoms with Crippen LogP contribution in [-0.2, 0) is 9.53 Å². The van der Waals surface area contributed by atoms with Crippen molar-refractivity contribution < 1.29 is 9.53 Å². The van der Waals surface area contributed by atoms with Crippen molar-refractivity contribution in [2.75, 3.05) is 45.9 Å². The molecule has 6 rings (SSSR count). The Kier molecular flexibility index (Phi) is 7.12. The third kappa shape index (κ3) is 4.94. The number of H-pyrrole nitrogens is 1. The van der Waals surface area contributed by atoms with Gasteiger partial charge in [-0.15, -0.1) is 5.10 Å². The number of nitrogens with zero attached hydrogens (tertiary/aromatic N) is 6. The number of carbonyl (C=O) groups is 1. The molecule has 5 heterocycles. The first-order valence-electron chi connectivity index (χ1n) is 14.3. The largest absolute Gasteiger partial charge is 0.379 e. The maximum absolute atomic E-state index is 12.9. The zero-order valence-electron chi connectivity index (χ0n) is 23.5. The van der Waals surface area contributed by atoms with E-state index in [0.29, 0.717) is 18.3 Å². The summed E-state index contributed by atoms with van der Waals surface area (Å²) in [4.78, 5) is 21.0. The van der Waals surface area contributed by atoms with Crippen molar-refractivity contribution in [3.05, 3.63) is 46.6 Å². The van der Waals surface area contributed by atoms with Gasteiger partial charge in [-0.05, 0) is 83.3 Å². The molecule has 1 N–H and O–H groups in total. The Bertz CT molecular complexity index is 1490. The molecule has 2 aliphatic heterocycles. The Morgan fingerprint density at radius 3 is 2.62 bits per heavy atom. The number of rotatable bonds is 6. The lowest BCUT2D eigenvalue weighted by Gasteiger charge is -2.33.